The van der Waals surface area contributed by atoms with Gasteiger partial charge < -0.3 is 4.42 Å². The van der Waals surface area contributed by atoms with E-state index < -0.39 is 11.8 Å². The summed E-state index contributed by atoms with van der Waals surface area (Å²) >= 11 is 0. The van der Waals surface area contributed by atoms with Crippen molar-refractivity contribution in [2.45, 2.75) is 39.5 Å². The van der Waals surface area contributed by atoms with Gasteiger partial charge in [0.2, 0.25) is 0 Å². The minimum absolute atomic E-state index is 0.518. The third-order valence-corrected chi connectivity index (χ3v) is 15.0. The molecule has 14 rings (SSSR count). The van der Waals surface area contributed by atoms with Crippen molar-refractivity contribution in [2.24, 2.45) is 0 Å². The molecule has 0 radical (unpaired) electrons. The van der Waals surface area contributed by atoms with Crippen molar-refractivity contribution in [1.29, 1.82) is 0 Å². The van der Waals surface area contributed by atoms with Crippen molar-refractivity contribution >= 4 is 21.9 Å². The maximum Gasteiger partial charge on any atom is 0.143 e. The van der Waals surface area contributed by atoms with Crippen LogP contribution in [-0.4, -0.2) is 15.0 Å². The molecule has 0 saturated heterocycles. The van der Waals surface area contributed by atoms with Crippen molar-refractivity contribution in [3.63, 3.8) is 0 Å². The fourth-order valence-corrected chi connectivity index (χ4v) is 11.6. The molecule has 73 heavy (non-hydrogen) atoms. The van der Waals surface area contributed by atoms with E-state index in [1.165, 1.54) is 0 Å². The highest BCUT2D eigenvalue weighted by Gasteiger charge is 2.28. The van der Waals surface area contributed by atoms with E-state index in [1.54, 1.807) is 0 Å². The topological polar surface area (TPSA) is 51.8 Å². The number of fused-ring (bicyclic) bond motifs is 19. The Morgan fingerprint density at radius 1 is 0.329 bits per heavy atom. The van der Waals surface area contributed by atoms with E-state index in [2.05, 4.69) is 188 Å². The molecule has 0 unspecified atom stereocenters. The van der Waals surface area contributed by atoms with Crippen molar-refractivity contribution < 1.29 is 7.16 Å². The van der Waals surface area contributed by atoms with Crippen LogP contribution in [0.2, 0.25) is 0 Å². The van der Waals surface area contributed by atoms with Crippen LogP contribution in [0.1, 0.15) is 53.6 Å². The first-order valence-corrected chi connectivity index (χ1v) is 25.1. The molecule has 0 spiro atoms. The molecule has 2 aliphatic rings. The summed E-state index contributed by atoms with van der Waals surface area (Å²) in [5.74, 6) is -2.32. The average Bonchev–Trinajstić information content (AvgIpc) is 3.86. The van der Waals surface area contributed by atoms with Gasteiger partial charge >= 0.3 is 0 Å². The molecule has 0 bridgehead atoms. The van der Waals surface area contributed by atoms with Crippen LogP contribution in [0.15, 0.2) is 217 Å². The number of hydrogen-bond donors (Lipinski definition) is 0. The smallest absolute Gasteiger partial charge is 0.143 e. The summed E-state index contributed by atoms with van der Waals surface area (Å²) < 4.78 is 25.9. The van der Waals surface area contributed by atoms with Gasteiger partial charge in [0.15, 0.2) is 0 Å². The summed E-state index contributed by atoms with van der Waals surface area (Å²) in [4.78, 5) is 16.0. The maximum absolute atomic E-state index is 9.66. The van der Waals surface area contributed by atoms with Crippen LogP contribution in [0.5, 0.6) is 0 Å². The lowest BCUT2D eigenvalue weighted by Gasteiger charge is -2.25. The van der Waals surface area contributed by atoms with Crippen LogP contribution in [0.3, 0.4) is 0 Å². The van der Waals surface area contributed by atoms with E-state index >= 15 is 0 Å². The lowest BCUT2D eigenvalue weighted by Crippen LogP contribution is -2.09. The zero-order valence-corrected chi connectivity index (χ0v) is 41.0. The van der Waals surface area contributed by atoms with Gasteiger partial charge in [-0.3, -0.25) is 9.97 Å². The third-order valence-electron chi connectivity index (χ3n) is 15.0. The van der Waals surface area contributed by atoms with Crippen LogP contribution < -0.4 is 0 Å². The Balaban J connectivity index is 0.989. The third kappa shape index (κ3) is 6.78. The Hall–Kier alpha value is -8.99. The predicted molar refractivity (Wildman–Crippen MR) is 302 cm³/mol. The molecule has 0 fully saturated rings. The SMILES string of the molecule is [2H]C(C)(C)c1nc(C([2H])(C)C)c(-c2ccc3c(c2)-c2ccccc2-c2ccccc2-c2ncccc2-3)nc1-c1ccc2c(c1)-c1ccccc1-c1ccccc1-c1cc(-c3cccc4c3oc3ccccc34)ccc1-2. The molecule has 4 heteroatoms. The van der Waals surface area contributed by atoms with Crippen LogP contribution in [0.4, 0.5) is 0 Å². The summed E-state index contributed by atoms with van der Waals surface area (Å²) in [6.45, 7) is 7.46. The van der Waals surface area contributed by atoms with Gasteiger partial charge in [0.05, 0.1) is 28.5 Å². The van der Waals surface area contributed by atoms with Crippen molar-refractivity contribution in [1.82, 2.24) is 15.0 Å². The fraction of sp³-hybridized carbons (Fsp3) is 0.0870. The molecule has 0 saturated carbocycles. The van der Waals surface area contributed by atoms with Crippen LogP contribution in [0, 0.1) is 0 Å². The highest BCUT2D eigenvalue weighted by molar-refractivity contribution is 6.11. The van der Waals surface area contributed by atoms with Gasteiger partial charge in [-0.2, -0.15) is 0 Å². The van der Waals surface area contributed by atoms with Gasteiger partial charge in [-0.25, -0.2) is 4.98 Å². The molecule has 3 heterocycles. The molecule has 12 aromatic rings. The molecular formula is C69H49N3O. The number of benzene rings is 9. The summed E-state index contributed by atoms with van der Waals surface area (Å²) in [6, 6.07) is 73.3. The second-order valence-electron chi connectivity index (χ2n) is 19.8. The molecular weight excluding hydrogens is 887 g/mol. The fourth-order valence-electron chi connectivity index (χ4n) is 11.6. The van der Waals surface area contributed by atoms with E-state index in [0.717, 1.165) is 133 Å². The molecule has 346 valence electrons. The Labute approximate surface area is 428 Å². The second kappa shape index (κ2) is 16.8. The zero-order chi connectivity index (χ0) is 50.7. The monoisotopic (exact) mass is 937 g/mol. The Bertz CT molecular complexity index is 4340. The number of furan rings is 1. The minimum atomic E-state index is -1.16. The van der Waals surface area contributed by atoms with Gasteiger partial charge in [-0.1, -0.05) is 204 Å². The minimum Gasteiger partial charge on any atom is -0.455 e. The van der Waals surface area contributed by atoms with E-state index in [0.29, 0.717) is 22.8 Å². The Kier molecular flexibility index (Phi) is 9.38. The highest BCUT2D eigenvalue weighted by Crippen LogP contribution is 2.52. The van der Waals surface area contributed by atoms with E-state index in [9.17, 15) is 2.74 Å². The summed E-state index contributed by atoms with van der Waals surface area (Å²) in [7, 11) is 0. The number of nitrogens with zero attached hydrogens (tertiary/aromatic N) is 3. The van der Waals surface area contributed by atoms with Gasteiger partial charge in [0.1, 0.15) is 11.2 Å². The zero-order valence-electron chi connectivity index (χ0n) is 43.0. The molecule has 0 atom stereocenters. The molecule has 0 N–H and O–H groups in total. The van der Waals surface area contributed by atoms with Gasteiger partial charge in [0, 0.05) is 47.5 Å². The van der Waals surface area contributed by atoms with E-state index in [-0.39, 0.29) is 0 Å². The summed E-state index contributed by atoms with van der Waals surface area (Å²) in [6.07, 6.45) is 1.87. The average molecular weight is 938 g/mol. The maximum atomic E-state index is 9.66. The number of hydrogen-bond acceptors (Lipinski definition) is 4. The molecule has 0 aliphatic heterocycles. The van der Waals surface area contributed by atoms with E-state index in [4.69, 9.17) is 19.4 Å². The number of rotatable bonds is 5. The van der Waals surface area contributed by atoms with Crippen molar-refractivity contribution in [2.75, 3.05) is 0 Å². The Morgan fingerprint density at radius 2 is 0.726 bits per heavy atom. The Morgan fingerprint density at radius 3 is 1.27 bits per heavy atom. The largest absolute Gasteiger partial charge is 0.455 e. The second-order valence-corrected chi connectivity index (χ2v) is 19.8. The lowest BCUT2D eigenvalue weighted by molar-refractivity contribution is 0.670. The first-order chi connectivity index (χ1) is 36.5. The molecule has 4 nitrogen and oxygen atoms in total. The van der Waals surface area contributed by atoms with Crippen LogP contribution in [0.25, 0.3) is 145 Å². The molecule has 3 aromatic heterocycles. The van der Waals surface area contributed by atoms with Crippen molar-refractivity contribution in [3.05, 3.63) is 224 Å². The molecule has 9 aromatic carbocycles. The van der Waals surface area contributed by atoms with Gasteiger partial charge in [-0.05, 0) is 120 Å². The molecule has 2 aliphatic carbocycles. The van der Waals surface area contributed by atoms with Crippen LogP contribution in [-0.2, 0) is 0 Å². The first-order valence-electron chi connectivity index (χ1n) is 26.1. The first kappa shape index (κ1) is 40.7. The number of aromatic nitrogens is 3. The summed E-state index contributed by atoms with van der Waals surface area (Å²) in [5.41, 5.74) is 25.2. The lowest BCUT2D eigenvalue weighted by atomic mass is 9.79. The van der Waals surface area contributed by atoms with Crippen molar-refractivity contribution in [3.8, 4) is 123 Å². The number of para-hydroxylation sites is 2. The van der Waals surface area contributed by atoms with Gasteiger partial charge in [0.25, 0.3) is 0 Å². The predicted octanol–water partition coefficient (Wildman–Crippen LogP) is 19.0. The van der Waals surface area contributed by atoms with E-state index in [1.807, 2.05) is 52.1 Å². The van der Waals surface area contributed by atoms with Gasteiger partial charge in [-0.15, -0.1) is 0 Å². The summed E-state index contributed by atoms with van der Waals surface area (Å²) in [5, 5.41) is 2.20. The number of pyridine rings is 1. The quantitative estimate of drug-likeness (QED) is 0.173. The normalized spacial score (nSPS) is 12.8. The highest BCUT2D eigenvalue weighted by atomic mass is 16.3. The molecule has 0 amide bonds. The standard InChI is InChI=1S/C69H49N3O/c1-40(2)64-66(72-67(65(71-64)41(3)4)44-32-35-55-58-28-16-36-70-68(58)57-25-12-11-20-49(57)48-19-7-10-23-52(48)62(55)39-44)43-31-34-54-53-33-30-42(45-26-15-27-59-56-24-13-14-29-63(56)73-69(45)59)37-60(53)50-21-8-5-17-46(50)47-18-6-9-22-51(47)61(54)38-43/h5-41H,1-4H3/i40D,41D. The van der Waals surface area contributed by atoms with Crippen LogP contribution >= 0.6 is 0 Å².